The minimum absolute atomic E-state index is 0.261. The van der Waals surface area contributed by atoms with Crippen molar-refractivity contribution in [2.75, 3.05) is 18.5 Å². The van der Waals surface area contributed by atoms with Crippen molar-refractivity contribution in [2.24, 2.45) is 0 Å². The van der Waals surface area contributed by atoms with Crippen LogP contribution in [0.2, 0.25) is 0 Å². The number of unbranched alkanes of at least 4 members (excludes halogenated alkanes) is 3. The van der Waals surface area contributed by atoms with Crippen molar-refractivity contribution < 1.29 is 14.6 Å². The van der Waals surface area contributed by atoms with Crippen LogP contribution < -0.4 is 10.1 Å². The topological polar surface area (TPSA) is 84.3 Å². The quantitative estimate of drug-likeness (QED) is 0.607. The lowest BCUT2D eigenvalue weighted by Crippen LogP contribution is -2.05. The minimum atomic E-state index is -0.719. The van der Waals surface area contributed by atoms with E-state index in [1.54, 1.807) is 6.07 Å². The molecule has 0 fully saturated rings. The highest BCUT2D eigenvalue weighted by molar-refractivity contribution is 5.66. The summed E-state index contributed by atoms with van der Waals surface area (Å²) in [4.78, 5) is 18.5. The zero-order chi connectivity index (χ0) is 14.6. The van der Waals surface area contributed by atoms with Crippen LogP contribution in [0.5, 0.6) is 5.88 Å². The summed E-state index contributed by atoms with van der Waals surface area (Å²) in [7, 11) is 0. The van der Waals surface area contributed by atoms with Gasteiger partial charge in [-0.1, -0.05) is 19.8 Å². The fourth-order valence-electron chi connectivity index (χ4n) is 1.69. The Kier molecular flexibility index (Phi) is 8.10. The number of aromatic nitrogens is 2. The molecule has 1 aromatic rings. The van der Waals surface area contributed by atoms with Crippen LogP contribution in [0.4, 0.5) is 5.82 Å². The first kappa shape index (κ1) is 16.2. The summed E-state index contributed by atoms with van der Waals surface area (Å²) in [6.07, 6.45) is 6.40. The van der Waals surface area contributed by atoms with Crippen molar-refractivity contribution in [3.8, 4) is 5.88 Å². The fourth-order valence-corrected chi connectivity index (χ4v) is 1.69. The average Bonchev–Trinajstić information content (AvgIpc) is 2.44. The van der Waals surface area contributed by atoms with E-state index in [9.17, 15) is 4.79 Å². The molecule has 0 amide bonds. The Hall–Kier alpha value is -1.85. The van der Waals surface area contributed by atoms with Gasteiger partial charge in [0.15, 0.2) is 0 Å². The Morgan fingerprint density at radius 3 is 2.85 bits per heavy atom. The standard InChI is InChI=1S/C14H23N3O3/c1-2-9-20-13-10-12(16-11-17-13)15-8-6-4-3-5-7-14(18)19/h10-11H,2-9H2,1H3,(H,18,19)(H,15,16,17). The molecular formula is C14H23N3O3. The summed E-state index contributed by atoms with van der Waals surface area (Å²) >= 11 is 0. The Labute approximate surface area is 119 Å². The van der Waals surface area contributed by atoms with E-state index in [4.69, 9.17) is 9.84 Å². The Morgan fingerprint density at radius 1 is 1.30 bits per heavy atom. The second kappa shape index (κ2) is 10.00. The van der Waals surface area contributed by atoms with Gasteiger partial charge in [0.1, 0.15) is 12.1 Å². The van der Waals surface area contributed by atoms with Crippen LogP contribution in [0.15, 0.2) is 12.4 Å². The molecule has 0 saturated heterocycles. The van der Waals surface area contributed by atoms with Gasteiger partial charge in [-0.3, -0.25) is 4.79 Å². The van der Waals surface area contributed by atoms with Crippen molar-refractivity contribution >= 4 is 11.8 Å². The molecule has 0 saturated carbocycles. The number of carboxylic acids is 1. The lowest BCUT2D eigenvalue weighted by molar-refractivity contribution is -0.137. The van der Waals surface area contributed by atoms with Gasteiger partial charge in [0, 0.05) is 19.0 Å². The SMILES string of the molecule is CCCOc1cc(NCCCCCCC(=O)O)ncn1. The number of hydrogen-bond donors (Lipinski definition) is 2. The first-order valence-corrected chi connectivity index (χ1v) is 7.13. The van der Waals surface area contributed by atoms with Crippen LogP contribution in [0.3, 0.4) is 0 Å². The molecule has 2 N–H and O–H groups in total. The molecule has 0 aromatic carbocycles. The smallest absolute Gasteiger partial charge is 0.303 e. The zero-order valence-corrected chi connectivity index (χ0v) is 12.0. The molecule has 1 aromatic heterocycles. The van der Waals surface area contributed by atoms with Gasteiger partial charge in [0.05, 0.1) is 6.61 Å². The molecule has 0 radical (unpaired) electrons. The van der Waals surface area contributed by atoms with Crippen molar-refractivity contribution in [3.05, 3.63) is 12.4 Å². The van der Waals surface area contributed by atoms with E-state index in [2.05, 4.69) is 15.3 Å². The molecule has 6 heteroatoms. The van der Waals surface area contributed by atoms with Crippen molar-refractivity contribution in [3.63, 3.8) is 0 Å². The number of hydrogen-bond acceptors (Lipinski definition) is 5. The number of ether oxygens (including phenoxy) is 1. The van der Waals surface area contributed by atoms with Crippen molar-refractivity contribution in [2.45, 2.75) is 45.4 Å². The summed E-state index contributed by atoms with van der Waals surface area (Å²) in [5, 5.41) is 11.7. The predicted octanol–water partition coefficient (Wildman–Crippen LogP) is 2.71. The van der Waals surface area contributed by atoms with Gasteiger partial charge in [0.2, 0.25) is 5.88 Å². The van der Waals surface area contributed by atoms with Crippen LogP contribution in [0.25, 0.3) is 0 Å². The van der Waals surface area contributed by atoms with Gasteiger partial charge in [-0.05, 0) is 19.3 Å². The molecule has 20 heavy (non-hydrogen) atoms. The van der Waals surface area contributed by atoms with Gasteiger partial charge in [0.25, 0.3) is 0 Å². The lowest BCUT2D eigenvalue weighted by Gasteiger charge is -2.07. The highest BCUT2D eigenvalue weighted by Crippen LogP contribution is 2.11. The van der Waals surface area contributed by atoms with Gasteiger partial charge >= 0.3 is 5.97 Å². The number of nitrogens with zero attached hydrogens (tertiary/aromatic N) is 2. The number of aliphatic carboxylic acids is 1. The number of nitrogens with one attached hydrogen (secondary N) is 1. The molecule has 0 aliphatic rings. The largest absolute Gasteiger partial charge is 0.481 e. The van der Waals surface area contributed by atoms with E-state index in [0.29, 0.717) is 12.5 Å². The molecule has 112 valence electrons. The zero-order valence-electron chi connectivity index (χ0n) is 12.0. The molecule has 0 bridgehead atoms. The first-order valence-electron chi connectivity index (χ1n) is 7.13. The Balaban J connectivity index is 2.13. The monoisotopic (exact) mass is 281 g/mol. The van der Waals surface area contributed by atoms with Crippen molar-refractivity contribution in [1.82, 2.24) is 9.97 Å². The molecule has 6 nitrogen and oxygen atoms in total. The highest BCUT2D eigenvalue weighted by atomic mass is 16.5. The van der Waals surface area contributed by atoms with E-state index < -0.39 is 5.97 Å². The van der Waals surface area contributed by atoms with Crippen molar-refractivity contribution in [1.29, 1.82) is 0 Å². The number of carbonyl (C=O) groups is 1. The minimum Gasteiger partial charge on any atom is -0.481 e. The molecule has 0 unspecified atom stereocenters. The molecule has 0 atom stereocenters. The van der Waals surface area contributed by atoms with Gasteiger partial charge in [-0.25, -0.2) is 9.97 Å². The Morgan fingerprint density at radius 2 is 2.10 bits per heavy atom. The second-order valence-corrected chi connectivity index (χ2v) is 4.57. The summed E-state index contributed by atoms with van der Waals surface area (Å²) in [5.41, 5.74) is 0. The maximum Gasteiger partial charge on any atom is 0.303 e. The van der Waals surface area contributed by atoms with E-state index in [0.717, 1.165) is 44.5 Å². The normalized spacial score (nSPS) is 10.2. The summed E-state index contributed by atoms with van der Waals surface area (Å²) in [6.45, 7) is 3.52. The molecular weight excluding hydrogens is 258 g/mol. The molecule has 1 rings (SSSR count). The van der Waals surface area contributed by atoms with E-state index >= 15 is 0 Å². The van der Waals surface area contributed by atoms with Crippen LogP contribution in [-0.2, 0) is 4.79 Å². The molecule has 0 aliphatic carbocycles. The number of anilines is 1. The molecule has 1 heterocycles. The number of carboxylic acid groups (broad SMARTS) is 1. The Bertz CT molecular complexity index is 399. The third-order valence-corrected chi connectivity index (χ3v) is 2.72. The fraction of sp³-hybridized carbons (Fsp3) is 0.643. The van der Waals surface area contributed by atoms with Crippen LogP contribution in [-0.4, -0.2) is 34.2 Å². The maximum atomic E-state index is 10.3. The van der Waals surface area contributed by atoms with Crippen LogP contribution in [0.1, 0.15) is 45.4 Å². The summed E-state index contributed by atoms with van der Waals surface area (Å²) in [6, 6.07) is 1.79. The van der Waals surface area contributed by atoms with Crippen LogP contribution >= 0.6 is 0 Å². The first-order chi connectivity index (χ1) is 9.72. The van der Waals surface area contributed by atoms with Gasteiger partial charge in [-0.2, -0.15) is 0 Å². The molecule has 0 aliphatic heterocycles. The maximum absolute atomic E-state index is 10.3. The predicted molar refractivity (Wildman–Crippen MR) is 77.0 cm³/mol. The van der Waals surface area contributed by atoms with E-state index in [1.165, 1.54) is 6.33 Å². The van der Waals surface area contributed by atoms with E-state index in [1.807, 2.05) is 6.92 Å². The van der Waals surface area contributed by atoms with E-state index in [-0.39, 0.29) is 6.42 Å². The van der Waals surface area contributed by atoms with Crippen LogP contribution in [0, 0.1) is 0 Å². The summed E-state index contributed by atoms with van der Waals surface area (Å²) in [5.74, 6) is 0.631. The second-order valence-electron chi connectivity index (χ2n) is 4.57. The van der Waals surface area contributed by atoms with Gasteiger partial charge < -0.3 is 15.2 Å². The third kappa shape index (κ3) is 7.56. The highest BCUT2D eigenvalue weighted by Gasteiger charge is 1.99. The molecule has 0 spiro atoms. The summed E-state index contributed by atoms with van der Waals surface area (Å²) < 4.78 is 5.43. The number of rotatable bonds is 11. The average molecular weight is 281 g/mol. The van der Waals surface area contributed by atoms with Gasteiger partial charge in [-0.15, -0.1) is 0 Å². The third-order valence-electron chi connectivity index (χ3n) is 2.72. The lowest BCUT2D eigenvalue weighted by atomic mass is 10.1.